The van der Waals surface area contributed by atoms with Crippen LogP contribution in [-0.4, -0.2) is 11.1 Å². The molecule has 0 amide bonds. The van der Waals surface area contributed by atoms with E-state index in [1.54, 1.807) is 12.2 Å². The monoisotopic (exact) mass is 303 g/mol. The molecule has 1 N–H and O–H groups in total. The highest BCUT2D eigenvalue weighted by Crippen LogP contribution is 2.08. The van der Waals surface area contributed by atoms with E-state index in [0.29, 0.717) is 0 Å². The second-order valence-corrected chi connectivity index (χ2v) is 5.11. The van der Waals surface area contributed by atoms with Crippen LogP contribution in [-0.2, 0) is 4.79 Å². The Morgan fingerprint density at radius 2 is 1.32 bits per heavy atom. The molecule has 0 aromatic carbocycles. The fraction of sp³-hybridized carbons (Fsp3) is 0.450. The van der Waals surface area contributed by atoms with Crippen LogP contribution < -0.4 is 0 Å². The number of aliphatic carboxylic acids is 1. The number of rotatable bonds is 13. The Bertz CT molecular complexity index is 443. The quantitative estimate of drug-likeness (QED) is 0.258. The molecule has 0 atom stereocenters. The summed E-state index contributed by atoms with van der Waals surface area (Å²) in [5, 5.41) is 8.48. The number of carboxylic acids is 1. The molecule has 0 aliphatic rings. The van der Waals surface area contributed by atoms with Crippen molar-refractivity contribution in [3.05, 3.63) is 60.7 Å². The molecular formula is C20H30O2. The first-order valence-electron chi connectivity index (χ1n) is 8.75. The normalized spacial score (nSPS) is 13.9. The van der Waals surface area contributed by atoms with Gasteiger partial charge < -0.3 is 5.11 Å². The zero-order valence-electron chi connectivity index (χ0n) is 14.7. The van der Waals surface area contributed by atoms with Gasteiger partial charge in [0.05, 0.1) is 1.37 Å². The van der Waals surface area contributed by atoms with Gasteiger partial charge in [0, 0.05) is 6.05 Å². The molecule has 0 rings (SSSR count). The average Bonchev–Trinajstić information content (AvgIpc) is 2.54. The molecule has 0 fully saturated rings. The SMILES string of the molecule is [2H]C(=CC=CC=CC=CC=CCCCCCCCCC)C(=O)O. The van der Waals surface area contributed by atoms with Crippen molar-refractivity contribution >= 4 is 5.97 Å². The summed E-state index contributed by atoms with van der Waals surface area (Å²) < 4.78 is 7.07. The fourth-order valence-electron chi connectivity index (χ4n) is 1.89. The van der Waals surface area contributed by atoms with Crippen molar-refractivity contribution < 1.29 is 11.3 Å². The Labute approximate surface area is 137 Å². The Kier molecular flexibility index (Phi) is 14.3. The van der Waals surface area contributed by atoms with Crippen molar-refractivity contribution in [3.63, 3.8) is 0 Å². The fourth-order valence-corrected chi connectivity index (χ4v) is 1.89. The van der Waals surface area contributed by atoms with Crippen molar-refractivity contribution in [2.24, 2.45) is 0 Å². The molecule has 0 saturated heterocycles. The summed E-state index contributed by atoms with van der Waals surface area (Å²) in [7, 11) is 0. The van der Waals surface area contributed by atoms with Gasteiger partial charge in [-0.2, -0.15) is 0 Å². The highest BCUT2D eigenvalue weighted by Gasteiger charge is 1.88. The van der Waals surface area contributed by atoms with Crippen LogP contribution in [0.2, 0.25) is 0 Å². The van der Waals surface area contributed by atoms with E-state index in [1.165, 1.54) is 57.1 Å². The number of allylic oxidation sites excluding steroid dienone is 9. The van der Waals surface area contributed by atoms with Gasteiger partial charge in [0.2, 0.25) is 0 Å². The van der Waals surface area contributed by atoms with E-state index in [-0.39, 0.29) is 0 Å². The standard InChI is InChI=1S/C20H30O2/c1-2-3-4-5-6-7-8-9-10-11-12-13-14-15-16-17-18-19-20(21)22/h10-19H,2-9H2,1H3,(H,21,22)/i19D. The minimum Gasteiger partial charge on any atom is -0.478 e. The van der Waals surface area contributed by atoms with E-state index in [0.717, 1.165) is 6.42 Å². The van der Waals surface area contributed by atoms with Crippen molar-refractivity contribution in [2.45, 2.75) is 58.3 Å². The maximum absolute atomic E-state index is 10.4. The summed E-state index contributed by atoms with van der Waals surface area (Å²) in [5.74, 6) is -1.22. The Hall–Kier alpha value is -1.83. The second-order valence-electron chi connectivity index (χ2n) is 5.11. The zero-order valence-corrected chi connectivity index (χ0v) is 13.7. The van der Waals surface area contributed by atoms with Gasteiger partial charge in [0.1, 0.15) is 0 Å². The summed E-state index contributed by atoms with van der Waals surface area (Å²) in [5.41, 5.74) is 0. The maximum Gasteiger partial charge on any atom is 0.328 e. The van der Waals surface area contributed by atoms with Crippen LogP contribution in [0.15, 0.2) is 60.7 Å². The molecular weight excluding hydrogens is 272 g/mol. The van der Waals surface area contributed by atoms with Gasteiger partial charge in [-0.1, -0.05) is 100 Å². The van der Waals surface area contributed by atoms with Crippen molar-refractivity contribution in [1.82, 2.24) is 0 Å². The summed E-state index contributed by atoms with van der Waals surface area (Å²) in [6, 6.07) is -0.418. The second kappa shape index (κ2) is 17.2. The van der Waals surface area contributed by atoms with Gasteiger partial charge in [-0.3, -0.25) is 0 Å². The van der Waals surface area contributed by atoms with Gasteiger partial charge in [-0.25, -0.2) is 4.79 Å². The molecule has 0 aliphatic heterocycles. The van der Waals surface area contributed by atoms with E-state index >= 15 is 0 Å². The molecule has 22 heavy (non-hydrogen) atoms. The third-order valence-corrected chi connectivity index (χ3v) is 3.08. The molecule has 122 valence electrons. The molecule has 0 heterocycles. The minimum absolute atomic E-state index is 0.418. The van der Waals surface area contributed by atoms with E-state index in [2.05, 4.69) is 19.1 Å². The smallest absolute Gasteiger partial charge is 0.328 e. The first kappa shape index (κ1) is 18.2. The number of carbonyl (C=O) groups is 1. The molecule has 0 aromatic heterocycles. The molecule has 2 heteroatoms. The van der Waals surface area contributed by atoms with Crippen LogP contribution >= 0.6 is 0 Å². The molecule has 0 saturated carbocycles. The van der Waals surface area contributed by atoms with Gasteiger partial charge in [0.15, 0.2) is 0 Å². The first-order valence-corrected chi connectivity index (χ1v) is 8.25. The third-order valence-electron chi connectivity index (χ3n) is 3.08. The topological polar surface area (TPSA) is 37.3 Å². The van der Waals surface area contributed by atoms with Gasteiger partial charge >= 0.3 is 5.97 Å². The van der Waals surface area contributed by atoms with Crippen LogP contribution in [0.5, 0.6) is 0 Å². The highest BCUT2D eigenvalue weighted by atomic mass is 16.4. The van der Waals surface area contributed by atoms with Crippen LogP contribution in [0, 0.1) is 0 Å². The summed E-state index contributed by atoms with van der Waals surface area (Å²) in [4.78, 5) is 10.4. The average molecular weight is 303 g/mol. The Morgan fingerprint density at radius 3 is 1.91 bits per heavy atom. The van der Waals surface area contributed by atoms with E-state index < -0.39 is 12.0 Å². The first-order chi connectivity index (χ1) is 11.2. The number of unbranched alkanes of at least 4 members (excludes halogenated alkanes) is 7. The molecule has 0 radical (unpaired) electrons. The zero-order chi connectivity index (χ0) is 17.2. The van der Waals surface area contributed by atoms with E-state index in [1.807, 2.05) is 18.2 Å². The summed E-state index contributed by atoms with van der Waals surface area (Å²) in [6.45, 7) is 2.24. The lowest BCUT2D eigenvalue weighted by Crippen LogP contribution is -1.84. The number of carboxylic acid groups (broad SMARTS) is 1. The van der Waals surface area contributed by atoms with Crippen LogP contribution in [0.1, 0.15) is 59.7 Å². The number of hydrogen-bond acceptors (Lipinski definition) is 1. The molecule has 2 nitrogen and oxygen atoms in total. The van der Waals surface area contributed by atoms with Gasteiger partial charge in [-0.15, -0.1) is 0 Å². The molecule has 0 unspecified atom stereocenters. The highest BCUT2D eigenvalue weighted by molar-refractivity contribution is 5.80. The van der Waals surface area contributed by atoms with Gasteiger partial charge in [-0.05, 0) is 12.8 Å². The molecule has 0 aliphatic carbocycles. The van der Waals surface area contributed by atoms with Crippen LogP contribution in [0.25, 0.3) is 0 Å². The third kappa shape index (κ3) is 18.2. The van der Waals surface area contributed by atoms with E-state index in [4.69, 9.17) is 6.48 Å². The van der Waals surface area contributed by atoms with Crippen LogP contribution in [0.3, 0.4) is 0 Å². The largest absolute Gasteiger partial charge is 0.478 e. The maximum atomic E-state index is 10.4. The summed E-state index contributed by atoms with van der Waals surface area (Å²) >= 11 is 0. The molecule has 0 aromatic rings. The minimum atomic E-state index is -1.22. The predicted molar refractivity (Wildman–Crippen MR) is 95.9 cm³/mol. The molecule has 0 bridgehead atoms. The molecule has 0 spiro atoms. The Balaban J connectivity index is 3.62. The van der Waals surface area contributed by atoms with Crippen molar-refractivity contribution in [1.29, 1.82) is 0 Å². The van der Waals surface area contributed by atoms with E-state index in [9.17, 15) is 4.79 Å². The lowest BCUT2D eigenvalue weighted by molar-refractivity contribution is -0.131. The summed E-state index contributed by atoms with van der Waals surface area (Å²) in [6.07, 6.45) is 26.8. The van der Waals surface area contributed by atoms with Crippen molar-refractivity contribution in [2.75, 3.05) is 0 Å². The van der Waals surface area contributed by atoms with Crippen molar-refractivity contribution in [3.8, 4) is 0 Å². The Morgan fingerprint density at radius 1 is 0.818 bits per heavy atom. The number of hydrogen-bond donors (Lipinski definition) is 1. The lowest BCUT2D eigenvalue weighted by atomic mass is 10.1. The van der Waals surface area contributed by atoms with Gasteiger partial charge in [0.25, 0.3) is 0 Å². The predicted octanol–water partition coefficient (Wildman–Crippen LogP) is 5.99. The lowest BCUT2D eigenvalue weighted by Gasteiger charge is -1.98. The van der Waals surface area contributed by atoms with Crippen LogP contribution in [0.4, 0.5) is 0 Å².